The van der Waals surface area contributed by atoms with Gasteiger partial charge in [-0.15, -0.1) is 0 Å². The lowest BCUT2D eigenvalue weighted by Gasteiger charge is -2.38. The van der Waals surface area contributed by atoms with E-state index in [0.717, 1.165) is 29.3 Å². The van der Waals surface area contributed by atoms with Gasteiger partial charge in [0, 0.05) is 10.4 Å². The molecule has 0 saturated heterocycles. The molecule has 0 heterocycles. The van der Waals surface area contributed by atoms with Crippen molar-refractivity contribution >= 4 is 21.7 Å². The molecule has 0 spiro atoms. The first-order chi connectivity index (χ1) is 9.45. The van der Waals surface area contributed by atoms with Gasteiger partial charge in [0.25, 0.3) is 0 Å². The van der Waals surface area contributed by atoms with E-state index in [-0.39, 0.29) is 17.1 Å². The van der Waals surface area contributed by atoms with E-state index in [4.69, 9.17) is 0 Å². The topological polar surface area (TPSA) is 40.9 Å². The molecule has 20 heavy (non-hydrogen) atoms. The second-order valence-electron chi connectivity index (χ2n) is 6.31. The van der Waals surface area contributed by atoms with Gasteiger partial charge in [-0.2, -0.15) is 5.26 Å². The molecule has 0 aliphatic heterocycles. The number of halogens is 1. The summed E-state index contributed by atoms with van der Waals surface area (Å²) in [5.41, 5.74) is 0.810. The van der Waals surface area contributed by atoms with Gasteiger partial charge >= 0.3 is 0 Å². The van der Waals surface area contributed by atoms with Crippen molar-refractivity contribution in [3.63, 3.8) is 0 Å². The van der Waals surface area contributed by atoms with E-state index in [1.54, 1.807) is 0 Å². The number of rotatable bonds is 3. The van der Waals surface area contributed by atoms with E-state index in [1.165, 1.54) is 6.42 Å². The third kappa shape index (κ3) is 3.12. The summed E-state index contributed by atoms with van der Waals surface area (Å²) < 4.78 is 0.908. The lowest BCUT2D eigenvalue weighted by Crippen LogP contribution is -2.36. The normalized spacial score (nSPS) is 22.8. The molecule has 1 aromatic carbocycles. The van der Waals surface area contributed by atoms with Crippen LogP contribution in [-0.2, 0) is 4.79 Å². The SMILES string of the molecule is CC1(C)CCCCC1C(=O)C(C#N)c1cccc(Br)c1. The van der Waals surface area contributed by atoms with E-state index < -0.39 is 5.92 Å². The number of carbonyl (C=O) groups excluding carboxylic acids is 1. The van der Waals surface area contributed by atoms with Crippen LogP contribution in [0.15, 0.2) is 28.7 Å². The standard InChI is InChI=1S/C17H20BrNO/c1-17(2)9-4-3-8-15(17)16(20)14(11-19)12-6-5-7-13(18)10-12/h5-7,10,14-15H,3-4,8-9H2,1-2H3. The summed E-state index contributed by atoms with van der Waals surface area (Å²) in [4.78, 5) is 12.8. The Morgan fingerprint density at radius 3 is 2.80 bits per heavy atom. The number of Topliss-reactive ketones (excluding diaryl/α,β-unsaturated/α-hetero) is 1. The monoisotopic (exact) mass is 333 g/mol. The van der Waals surface area contributed by atoms with E-state index in [9.17, 15) is 10.1 Å². The molecule has 0 N–H and O–H groups in total. The smallest absolute Gasteiger partial charge is 0.158 e. The molecule has 1 saturated carbocycles. The second-order valence-corrected chi connectivity index (χ2v) is 7.22. The van der Waals surface area contributed by atoms with Crippen molar-refractivity contribution in [1.82, 2.24) is 0 Å². The molecule has 0 amide bonds. The number of ketones is 1. The number of benzene rings is 1. The maximum absolute atomic E-state index is 12.8. The first-order valence-corrected chi connectivity index (χ1v) is 7.94. The molecule has 106 valence electrons. The molecule has 2 nitrogen and oxygen atoms in total. The average molecular weight is 334 g/mol. The Kier molecular flexibility index (Phi) is 4.65. The van der Waals surface area contributed by atoms with E-state index >= 15 is 0 Å². The molecule has 2 rings (SSSR count). The van der Waals surface area contributed by atoms with Crippen LogP contribution in [0.3, 0.4) is 0 Å². The summed E-state index contributed by atoms with van der Waals surface area (Å²) in [6, 6.07) is 9.74. The quantitative estimate of drug-likeness (QED) is 0.793. The van der Waals surface area contributed by atoms with Crippen LogP contribution in [0.5, 0.6) is 0 Å². The molecule has 3 heteroatoms. The number of carbonyl (C=O) groups is 1. The van der Waals surface area contributed by atoms with E-state index in [1.807, 2.05) is 24.3 Å². The van der Waals surface area contributed by atoms with Crippen molar-refractivity contribution in [2.75, 3.05) is 0 Å². The highest BCUT2D eigenvalue weighted by atomic mass is 79.9. The zero-order chi connectivity index (χ0) is 14.8. The lowest BCUT2D eigenvalue weighted by atomic mass is 9.65. The van der Waals surface area contributed by atoms with Crippen molar-refractivity contribution in [3.8, 4) is 6.07 Å². The molecular formula is C17H20BrNO. The molecule has 0 radical (unpaired) electrons. The Labute approximate surface area is 129 Å². The first kappa shape index (κ1) is 15.3. The number of nitrogens with zero attached hydrogens (tertiary/aromatic N) is 1. The van der Waals surface area contributed by atoms with Crippen LogP contribution in [0.1, 0.15) is 51.0 Å². The molecular weight excluding hydrogens is 314 g/mol. The van der Waals surface area contributed by atoms with Gasteiger partial charge in [-0.1, -0.05) is 54.8 Å². The van der Waals surface area contributed by atoms with Crippen molar-refractivity contribution in [2.24, 2.45) is 11.3 Å². The highest BCUT2D eigenvalue weighted by molar-refractivity contribution is 9.10. The summed E-state index contributed by atoms with van der Waals surface area (Å²) in [6.45, 7) is 4.31. The van der Waals surface area contributed by atoms with E-state index in [2.05, 4.69) is 35.8 Å². The fourth-order valence-electron chi connectivity index (χ4n) is 3.21. The largest absolute Gasteiger partial charge is 0.298 e. The molecule has 1 fully saturated rings. The van der Waals surface area contributed by atoms with Crippen LogP contribution in [0.2, 0.25) is 0 Å². The van der Waals surface area contributed by atoms with E-state index in [0.29, 0.717) is 0 Å². The third-order valence-corrected chi connectivity index (χ3v) is 4.94. The minimum atomic E-state index is -0.644. The minimum absolute atomic E-state index is 0.000110. The number of nitriles is 1. The minimum Gasteiger partial charge on any atom is -0.298 e. The zero-order valence-corrected chi connectivity index (χ0v) is 13.6. The Hall–Kier alpha value is -1.14. The van der Waals surface area contributed by atoms with Gasteiger partial charge in [0.1, 0.15) is 5.92 Å². The molecule has 0 aromatic heterocycles. The zero-order valence-electron chi connectivity index (χ0n) is 12.0. The molecule has 0 bridgehead atoms. The van der Waals surface area contributed by atoms with Crippen LogP contribution >= 0.6 is 15.9 Å². The maximum Gasteiger partial charge on any atom is 0.158 e. The Balaban J connectivity index is 2.28. The fourth-order valence-corrected chi connectivity index (χ4v) is 3.63. The Morgan fingerprint density at radius 1 is 1.45 bits per heavy atom. The Morgan fingerprint density at radius 2 is 2.20 bits per heavy atom. The highest BCUT2D eigenvalue weighted by Crippen LogP contribution is 2.43. The van der Waals surface area contributed by atoms with Gasteiger partial charge in [0.15, 0.2) is 5.78 Å². The maximum atomic E-state index is 12.8. The highest BCUT2D eigenvalue weighted by Gasteiger charge is 2.40. The summed E-state index contributed by atoms with van der Waals surface area (Å²) >= 11 is 3.41. The van der Waals surface area contributed by atoms with Gasteiger partial charge < -0.3 is 0 Å². The van der Waals surface area contributed by atoms with Crippen LogP contribution in [0.25, 0.3) is 0 Å². The fraction of sp³-hybridized carbons (Fsp3) is 0.529. The first-order valence-electron chi connectivity index (χ1n) is 7.14. The van der Waals surface area contributed by atoms with Crippen molar-refractivity contribution < 1.29 is 4.79 Å². The summed E-state index contributed by atoms with van der Waals surface area (Å²) in [5.74, 6) is -0.551. The Bertz CT molecular complexity index is 544. The van der Waals surface area contributed by atoms with Crippen molar-refractivity contribution in [1.29, 1.82) is 5.26 Å². The van der Waals surface area contributed by atoms with Crippen LogP contribution in [0.4, 0.5) is 0 Å². The van der Waals surface area contributed by atoms with Gasteiger partial charge in [-0.05, 0) is 36.0 Å². The molecule has 1 aliphatic rings. The lowest BCUT2D eigenvalue weighted by molar-refractivity contribution is -0.128. The predicted molar refractivity (Wildman–Crippen MR) is 83.2 cm³/mol. The van der Waals surface area contributed by atoms with Gasteiger partial charge in [0.05, 0.1) is 6.07 Å². The van der Waals surface area contributed by atoms with Crippen molar-refractivity contribution in [3.05, 3.63) is 34.3 Å². The van der Waals surface area contributed by atoms with Crippen LogP contribution in [0, 0.1) is 22.7 Å². The summed E-state index contributed by atoms with van der Waals surface area (Å²) in [7, 11) is 0. The molecule has 1 aromatic rings. The van der Waals surface area contributed by atoms with Crippen LogP contribution in [-0.4, -0.2) is 5.78 Å². The third-order valence-electron chi connectivity index (χ3n) is 4.45. The number of hydrogen-bond acceptors (Lipinski definition) is 2. The second kappa shape index (κ2) is 6.10. The molecule has 2 unspecified atom stereocenters. The van der Waals surface area contributed by atoms with Gasteiger partial charge in [0.2, 0.25) is 0 Å². The predicted octanol–water partition coefficient (Wildman–Crippen LogP) is 4.84. The summed E-state index contributed by atoms with van der Waals surface area (Å²) in [5, 5.41) is 9.46. The number of hydrogen-bond donors (Lipinski definition) is 0. The van der Waals surface area contributed by atoms with Gasteiger partial charge in [-0.25, -0.2) is 0 Å². The molecule has 1 aliphatic carbocycles. The van der Waals surface area contributed by atoms with Crippen molar-refractivity contribution in [2.45, 2.75) is 45.4 Å². The summed E-state index contributed by atoms with van der Waals surface area (Å²) in [6.07, 6.45) is 4.26. The molecule has 2 atom stereocenters. The van der Waals surface area contributed by atoms with Crippen LogP contribution < -0.4 is 0 Å². The van der Waals surface area contributed by atoms with Gasteiger partial charge in [-0.3, -0.25) is 4.79 Å². The average Bonchev–Trinajstić information content (AvgIpc) is 2.39.